The Balaban J connectivity index is 2.60. The molecule has 0 bridgehead atoms. The van der Waals surface area contributed by atoms with Crippen molar-refractivity contribution in [2.24, 2.45) is 0 Å². The molecule has 0 fully saturated rings. The molecule has 2 rings (SSSR count). The van der Waals surface area contributed by atoms with Gasteiger partial charge in [-0.1, -0.05) is 24.3 Å². The summed E-state index contributed by atoms with van der Waals surface area (Å²) < 4.78 is 26.9. The fraction of sp³-hybridized carbons (Fsp3) is 0.235. The van der Waals surface area contributed by atoms with Crippen LogP contribution < -0.4 is 9.84 Å². The van der Waals surface area contributed by atoms with E-state index >= 15 is 0 Å². The van der Waals surface area contributed by atoms with E-state index in [9.17, 15) is 13.2 Å². The predicted octanol–water partition coefficient (Wildman–Crippen LogP) is 2.86. The van der Waals surface area contributed by atoms with Gasteiger partial charge in [0.1, 0.15) is 0 Å². The summed E-state index contributed by atoms with van der Waals surface area (Å²) >= 11 is 0. The molecule has 23 heavy (non-hydrogen) atoms. The minimum Gasteiger partial charge on any atom is -0.274 e. The summed E-state index contributed by atoms with van der Waals surface area (Å²) in [5.41, 5.74) is 5.42. The molecule has 0 aliphatic rings. The summed E-state index contributed by atoms with van der Waals surface area (Å²) in [6, 6.07) is 11.9. The molecule has 0 spiro atoms. The van der Waals surface area contributed by atoms with Gasteiger partial charge in [0.25, 0.3) is 10.0 Å². The van der Waals surface area contributed by atoms with Crippen molar-refractivity contribution >= 4 is 21.6 Å². The van der Waals surface area contributed by atoms with Crippen molar-refractivity contribution in [1.82, 2.24) is 5.43 Å². The first-order valence-corrected chi connectivity index (χ1v) is 8.63. The Kier molecular flexibility index (Phi) is 4.75. The van der Waals surface area contributed by atoms with Crippen molar-refractivity contribution in [3.05, 3.63) is 59.2 Å². The first kappa shape index (κ1) is 17.0. The second-order valence-electron chi connectivity index (χ2n) is 5.47. The lowest BCUT2D eigenvalue weighted by Gasteiger charge is -2.25. The highest BCUT2D eigenvalue weighted by Crippen LogP contribution is 2.25. The minimum absolute atomic E-state index is 0.159. The maximum atomic E-state index is 13.0. The molecular formula is C17H20N2O3S. The van der Waals surface area contributed by atoms with Crippen LogP contribution in [0.2, 0.25) is 0 Å². The van der Waals surface area contributed by atoms with Crippen LogP contribution in [0.3, 0.4) is 0 Å². The molecule has 6 heteroatoms. The highest BCUT2D eigenvalue weighted by Gasteiger charge is 2.27. The standard InChI is InChI=1S/C17H20N2O3S/c1-12-9-10-16(11-14(12)3)19(18-15(4)20)23(21,22)17-8-6-5-7-13(17)2/h5-11H,1-4H3,(H,18,20). The van der Waals surface area contributed by atoms with Crippen LogP contribution >= 0.6 is 0 Å². The molecule has 0 aliphatic carbocycles. The van der Waals surface area contributed by atoms with Crippen LogP contribution in [0.25, 0.3) is 0 Å². The van der Waals surface area contributed by atoms with Gasteiger partial charge in [0.05, 0.1) is 10.6 Å². The second-order valence-corrected chi connectivity index (χ2v) is 7.23. The molecule has 0 radical (unpaired) electrons. The fourth-order valence-electron chi connectivity index (χ4n) is 2.20. The molecule has 0 unspecified atom stereocenters. The van der Waals surface area contributed by atoms with Crippen LogP contribution in [-0.2, 0) is 14.8 Å². The fourth-order valence-corrected chi connectivity index (χ4v) is 3.76. The number of nitrogens with one attached hydrogen (secondary N) is 1. The summed E-state index contributed by atoms with van der Waals surface area (Å²) in [5.74, 6) is -0.458. The normalized spacial score (nSPS) is 11.1. The zero-order valence-electron chi connectivity index (χ0n) is 13.6. The number of carbonyl (C=O) groups is 1. The molecule has 2 aromatic rings. The first-order valence-electron chi connectivity index (χ1n) is 7.19. The molecule has 0 heterocycles. The molecule has 0 aromatic heterocycles. The Hall–Kier alpha value is -2.34. The van der Waals surface area contributed by atoms with Crippen LogP contribution in [0, 0.1) is 20.8 Å². The third-order valence-corrected chi connectivity index (χ3v) is 5.39. The van der Waals surface area contributed by atoms with Gasteiger partial charge in [0.2, 0.25) is 5.91 Å². The Labute approximate surface area is 137 Å². The molecule has 0 atom stereocenters. The zero-order chi connectivity index (χ0) is 17.2. The third kappa shape index (κ3) is 3.53. The predicted molar refractivity (Wildman–Crippen MR) is 90.6 cm³/mol. The maximum Gasteiger partial charge on any atom is 0.282 e. The number of hydrazine groups is 1. The number of hydrogen-bond acceptors (Lipinski definition) is 3. The lowest BCUT2D eigenvalue weighted by molar-refractivity contribution is -0.118. The van der Waals surface area contributed by atoms with Crippen molar-refractivity contribution in [3.8, 4) is 0 Å². The third-order valence-electron chi connectivity index (χ3n) is 3.60. The Morgan fingerprint density at radius 1 is 0.957 bits per heavy atom. The Morgan fingerprint density at radius 3 is 2.17 bits per heavy atom. The van der Waals surface area contributed by atoms with E-state index in [4.69, 9.17) is 0 Å². The Morgan fingerprint density at radius 2 is 1.61 bits per heavy atom. The van der Waals surface area contributed by atoms with Crippen molar-refractivity contribution in [2.75, 3.05) is 4.41 Å². The van der Waals surface area contributed by atoms with Crippen LogP contribution in [-0.4, -0.2) is 14.3 Å². The van der Waals surface area contributed by atoms with Gasteiger partial charge in [-0.25, -0.2) is 0 Å². The van der Waals surface area contributed by atoms with Crippen molar-refractivity contribution in [2.45, 2.75) is 32.6 Å². The van der Waals surface area contributed by atoms with E-state index < -0.39 is 15.9 Å². The van der Waals surface area contributed by atoms with E-state index in [0.717, 1.165) is 15.5 Å². The quantitative estimate of drug-likeness (QED) is 0.876. The summed E-state index contributed by atoms with van der Waals surface area (Å²) in [4.78, 5) is 11.7. The molecule has 122 valence electrons. The zero-order valence-corrected chi connectivity index (χ0v) is 14.4. The first-order chi connectivity index (χ1) is 10.7. The lowest BCUT2D eigenvalue weighted by atomic mass is 10.1. The number of rotatable bonds is 4. The molecule has 0 saturated carbocycles. The number of amides is 1. The van der Waals surface area contributed by atoms with E-state index in [1.807, 2.05) is 19.9 Å². The number of anilines is 1. The summed E-state index contributed by atoms with van der Waals surface area (Å²) in [5, 5.41) is 0. The van der Waals surface area contributed by atoms with Crippen LogP contribution in [0.5, 0.6) is 0 Å². The topological polar surface area (TPSA) is 66.5 Å². The van der Waals surface area contributed by atoms with Gasteiger partial charge >= 0.3 is 0 Å². The number of benzene rings is 2. The number of carbonyl (C=O) groups excluding carboxylic acids is 1. The number of sulfonamides is 1. The van der Waals surface area contributed by atoms with Gasteiger partial charge < -0.3 is 0 Å². The van der Waals surface area contributed by atoms with Gasteiger partial charge in [-0.15, -0.1) is 0 Å². The molecule has 1 amide bonds. The molecule has 1 N–H and O–H groups in total. The van der Waals surface area contributed by atoms with E-state index in [2.05, 4.69) is 5.43 Å². The smallest absolute Gasteiger partial charge is 0.274 e. The van der Waals surface area contributed by atoms with E-state index in [1.165, 1.54) is 13.0 Å². The van der Waals surface area contributed by atoms with Crippen LogP contribution in [0.1, 0.15) is 23.6 Å². The molecular weight excluding hydrogens is 312 g/mol. The average Bonchev–Trinajstić information content (AvgIpc) is 2.48. The number of hydrogen-bond donors (Lipinski definition) is 1. The number of aryl methyl sites for hydroxylation is 3. The van der Waals surface area contributed by atoms with Gasteiger partial charge in [0.15, 0.2) is 0 Å². The largest absolute Gasteiger partial charge is 0.282 e. The summed E-state index contributed by atoms with van der Waals surface area (Å²) in [6.45, 7) is 6.84. The Bertz CT molecular complexity index is 845. The summed E-state index contributed by atoms with van der Waals surface area (Å²) in [7, 11) is -3.91. The van der Waals surface area contributed by atoms with Gasteiger partial charge in [-0.2, -0.15) is 12.8 Å². The minimum atomic E-state index is -3.91. The van der Waals surface area contributed by atoms with Gasteiger partial charge in [0, 0.05) is 6.92 Å². The van der Waals surface area contributed by atoms with Crippen LogP contribution in [0.15, 0.2) is 47.4 Å². The maximum absolute atomic E-state index is 13.0. The van der Waals surface area contributed by atoms with Crippen LogP contribution in [0.4, 0.5) is 5.69 Å². The SMILES string of the molecule is CC(=O)NN(c1ccc(C)c(C)c1)S(=O)(=O)c1ccccc1C. The van der Waals surface area contributed by atoms with E-state index in [0.29, 0.717) is 11.3 Å². The summed E-state index contributed by atoms with van der Waals surface area (Å²) in [6.07, 6.45) is 0. The monoisotopic (exact) mass is 332 g/mol. The average molecular weight is 332 g/mol. The molecule has 0 saturated heterocycles. The van der Waals surface area contributed by atoms with E-state index in [-0.39, 0.29) is 4.90 Å². The van der Waals surface area contributed by atoms with Crippen molar-refractivity contribution in [3.63, 3.8) is 0 Å². The number of nitrogens with zero attached hydrogens (tertiary/aromatic N) is 1. The second kappa shape index (κ2) is 6.42. The molecule has 0 aliphatic heterocycles. The van der Waals surface area contributed by atoms with Gasteiger partial charge in [-0.3, -0.25) is 10.2 Å². The van der Waals surface area contributed by atoms with Gasteiger partial charge in [-0.05, 0) is 55.7 Å². The van der Waals surface area contributed by atoms with Crippen molar-refractivity contribution in [1.29, 1.82) is 0 Å². The molecule has 2 aromatic carbocycles. The highest BCUT2D eigenvalue weighted by atomic mass is 32.2. The lowest BCUT2D eigenvalue weighted by Crippen LogP contribution is -2.45. The molecule has 5 nitrogen and oxygen atoms in total. The van der Waals surface area contributed by atoms with E-state index in [1.54, 1.807) is 37.3 Å². The van der Waals surface area contributed by atoms with Crippen molar-refractivity contribution < 1.29 is 13.2 Å². The highest BCUT2D eigenvalue weighted by molar-refractivity contribution is 7.92.